The predicted molar refractivity (Wildman–Crippen MR) is 71.5 cm³/mol. The predicted octanol–water partition coefficient (Wildman–Crippen LogP) is 0.369. The Hall–Kier alpha value is -2.12. The van der Waals surface area contributed by atoms with Crippen molar-refractivity contribution in [3.8, 4) is 5.75 Å². The number of para-hydroxylation sites is 1. The van der Waals surface area contributed by atoms with E-state index in [4.69, 9.17) is 35.4 Å². The second-order valence-corrected chi connectivity index (χ2v) is 4.12. The fourth-order valence-corrected chi connectivity index (χ4v) is 1.26. The van der Waals surface area contributed by atoms with Crippen LogP contribution in [-0.2, 0) is 16.2 Å². The zero-order chi connectivity index (χ0) is 15.7. The molecule has 0 aromatic heterocycles. The Morgan fingerprint density at radius 3 is 2.25 bits per heavy atom. The Kier molecular flexibility index (Phi) is 7.95. The topological polar surface area (TPSA) is 130 Å². The van der Waals surface area contributed by atoms with Crippen molar-refractivity contribution < 1.29 is 29.6 Å². The highest BCUT2D eigenvalue weighted by molar-refractivity contribution is 6.27. The van der Waals surface area contributed by atoms with Gasteiger partial charge in [-0.05, 0) is 19.4 Å². The largest absolute Gasteiger partial charge is 0.491 e. The SMILES string of the molecule is Cc1cccc(CO)c1OC[C@@H](C)N.O=C(O)C(=O)O. The number of carboxylic acid groups (broad SMARTS) is 2. The number of aryl methyl sites for hydroxylation is 1. The molecule has 0 fully saturated rings. The third kappa shape index (κ3) is 6.72. The zero-order valence-corrected chi connectivity index (χ0v) is 11.4. The Bertz CT molecular complexity index is 446. The van der Waals surface area contributed by atoms with Gasteiger partial charge in [0.15, 0.2) is 0 Å². The fraction of sp³-hybridized carbons (Fsp3) is 0.385. The monoisotopic (exact) mass is 285 g/mol. The molecule has 1 rings (SSSR count). The van der Waals surface area contributed by atoms with Gasteiger partial charge in [-0.3, -0.25) is 0 Å². The van der Waals surface area contributed by atoms with Crippen molar-refractivity contribution in [2.24, 2.45) is 5.73 Å². The molecular weight excluding hydrogens is 266 g/mol. The summed E-state index contributed by atoms with van der Waals surface area (Å²) >= 11 is 0. The number of hydrogen-bond donors (Lipinski definition) is 4. The number of benzene rings is 1. The molecule has 1 aromatic rings. The van der Waals surface area contributed by atoms with E-state index in [1.807, 2.05) is 32.0 Å². The number of rotatable bonds is 4. The highest BCUT2D eigenvalue weighted by Crippen LogP contribution is 2.23. The molecule has 0 saturated carbocycles. The van der Waals surface area contributed by atoms with Crippen molar-refractivity contribution in [1.29, 1.82) is 0 Å². The highest BCUT2D eigenvalue weighted by Gasteiger charge is 2.06. The Labute approximate surface area is 116 Å². The Balaban J connectivity index is 0.000000511. The average molecular weight is 285 g/mol. The number of ether oxygens (including phenoxy) is 1. The third-order valence-corrected chi connectivity index (χ3v) is 2.14. The van der Waals surface area contributed by atoms with Gasteiger partial charge in [-0.2, -0.15) is 0 Å². The van der Waals surface area contributed by atoms with Crippen LogP contribution in [0, 0.1) is 6.92 Å². The molecule has 0 amide bonds. The summed E-state index contributed by atoms with van der Waals surface area (Å²) < 4.78 is 5.54. The molecule has 5 N–H and O–H groups in total. The van der Waals surface area contributed by atoms with Crippen LogP contribution in [0.25, 0.3) is 0 Å². The van der Waals surface area contributed by atoms with E-state index in [1.54, 1.807) is 0 Å². The first-order valence-corrected chi connectivity index (χ1v) is 5.83. The van der Waals surface area contributed by atoms with Gasteiger partial charge in [-0.1, -0.05) is 18.2 Å². The summed E-state index contributed by atoms with van der Waals surface area (Å²) in [6, 6.07) is 5.71. The molecule has 0 radical (unpaired) electrons. The molecule has 0 aliphatic carbocycles. The smallest absolute Gasteiger partial charge is 0.414 e. The van der Waals surface area contributed by atoms with Gasteiger partial charge in [0.25, 0.3) is 0 Å². The van der Waals surface area contributed by atoms with Crippen LogP contribution in [0.2, 0.25) is 0 Å². The normalized spacial score (nSPS) is 11.0. The lowest BCUT2D eigenvalue weighted by Crippen LogP contribution is -2.24. The van der Waals surface area contributed by atoms with Crippen molar-refractivity contribution in [1.82, 2.24) is 0 Å². The molecule has 0 spiro atoms. The Morgan fingerprint density at radius 2 is 1.85 bits per heavy atom. The van der Waals surface area contributed by atoms with Crippen LogP contribution >= 0.6 is 0 Å². The van der Waals surface area contributed by atoms with Crippen LogP contribution in [0.1, 0.15) is 18.1 Å². The lowest BCUT2D eigenvalue weighted by molar-refractivity contribution is -0.159. The summed E-state index contributed by atoms with van der Waals surface area (Å²) in [5, 5.41) is 23.9. The second-order valence-electron chi connectivity index (χ2n) is 4.12. The number of carbonyl (C=O) groups is 2. The van der Waals surface area contributed by atoms with Gasteiger partial charge in [0.1, 0.15) is 12.4 Å². The second kappa shape index (κ2) is 8.89. The van der Waals surface area contributed by atoms with Crippen molar-refractivity contribution in [2.45, 2.75) is 26.5 Å². The molecule has 7 heteroatoms. The number of hydrogen-bond acceptors (Lipinski definition) is 5. The van der Waals surface area contributed by atoms with E-state index in [1.165, 1.54) is 0 Å². The Morgan fingerprint density at radius 1 is 1.30 bits per heavy atom. The number of nitrogens with two attached hydrogens (primary N) is 1. The summed E-state index contributed by atoms with van der Waals surface area (Å²) in [5.41, 5.74) is 7.43. The number of aliphatic carboxylic acids is 2. The molecule has 1 aromatic carbocycles. The zero-order valence-electron chi connectivity index (χ0n) is 11.4. The van der Waals surface area contributed by atoms with E-state index in [2.05, 4.69) is 0 Å². The van der Waals surface area contributed by atoms with Gasteiger partial charge >= 0.3 is 11.9 Å². The molecule has 20 heavy (non-hydrogen) atoms. The van der Waals surface area contributed by atoms with Gasteiger partial charge in [0.2, 0.25) is 0 Å². The molecule has 1 atom stereocenters. The van der Waals surface area contributed by atoms with Crippen LogP contribution in [0.5, 0.6) is 5.75 Å². The number of carboxylic acids is 2. The first kappa shape index (κ1) is 17.9. The number of aliphatic hydroxyl groups excluding tert-OH is 1. The van der Waals surface area contributed by atoms with E-state index in [0.29, 0.717) is 6.61 Å². The molecule has 0 aliphatic rings. The summed E-state index contributed by atoms with van der Waals surface area (Å²) in [7, 11) is 0. The molecule has 7 nitrogen and oxygen atoms in total. The van der Waals surface area contributed by atoms with Gasteiger partial charge in [-0.15, -0.1) is 0 Å². The van der Waals surface area contributed by atoms with E-state index in [9.17, 15) is 0 Å². The summed E-state index contributed by atoms with van der Waals surface area (Å²) in [4.78, 5) is 18.2. The van der Waals surface area contributed by atoms with Crippen LogP contribution in [0.3, 0.4) is 0 Å². The lowest BCUT2D eigenvalue weighted by Gasteiger charge is -2.14. The van der Waals surface area contributed by atoms with Crippen LogP contribution < -0.4 is 10.5 Å². The van der Waals surface area contributed by atoms with E-state index >= 15 is 0 Å². The average Bonchev–Trinajstić information content (AvgIpc) is 2.37. The fourth-order valence-electron chi connectivity index (χ4n) is 1.26. The first-order chi connectivity index (χ1) is 9.29. The molecular formula is C13H19NO6. The summed E-state index contributed by atoms with van der Waals surface area (Å²) in [6.07, 6.45) is 0. The van der Waals surface area contributed by atoms with Crippen molar-refractivity contribution >= 4 is 11.9 Å². The molecule has 0 heterocycles. The minimum atomic E-state index is -1.82. The van der Waals surface area contributed by atoms with Crippen molar-refractivity contribution in [3.63, 3.8) is 0 Å². The highest BCUT2D eigenvalue weighted by atomic mass is 16.5. The first-order valence-electron chi connectivity index (χ1n) is 5.83. The van der Waals surface area contributed by atoms with E-state index in [0.717, 1.165) is 16.9 Å². The quantitative estimate of drug-likeness (QED) is 0.588. The molecule has 0 bridgehead atoms. The minimum absolute atomic E-state index is 0.00106. The van der Waals surface area contributed by atoms with Crippen LogP contribution in [0.4, 0.5) is 0 Å². The van der Waals surface area contributed by atoms with Gasteiger partial charge < -0.3 is 25.8 Å². The maximum absolute atomic E-state index is 9.10. The van der Waals surface area contributed by atoms with Crippen LogP contribution in [-0.4, -0.2) is 39.9 Å². The van der Waals surface area contributed by atoms with E-state index in [-0.39, 0.29) is 12.6 Å². The summed E-state index contributed by atoms with van der Waals surface area (Å²) in [6.45, 7) is 4.31. The number of aliphatic hydroxyl groups is 1. The third-order valence-electron chi connectivity index (χ3n) is 2.14. The van der Waals surface area contributed by atoms with Crippen LogP contribution in [0.15, 0.2) is 18.2 Å². The minimum Gasteiger partial charge on any atom is -0.491 e. The van der Waals surface area contributed by atoms with Gasteiger partial charge in [-0.25, -0.2) is 9.59 Å². The van der Waals surface area contributed by atoms with Gasteiger partial charge in [0, 0.05) is 11.6 Å². The standard InChI is InChI=1S/C11H17NO2.C2H2O4/c1-8-4-3-5-10(6-13)11(8)14-7-9(2)12;3-1(4)2(5)6/h3-5,9,13H,6-7,12H2,1-2H3;(H,3,4)(H,5,6)/t9-;/m1./s1. The molecule has 0 saturated heterocycles. The van der Waals surface area contributed by atoms with Gasteiger partial charge in [0.05, 0.1) is 6.61 Å². The van der Waals surface area contributed by atoms with Crippen molar-refractivity contribution in [2.75, 3.05) is 6.61 Å². The molecule has 112 valence electrons. The molecule has 0 aliphatic heterocycles. The van der Waals surface area contributed by atoms with Crippen molar-refractivity contribution in [3.05, 3.63) is 29.3 Å². The molecule has 0 unspecified atom stereocenters. The van der Waals surface area contributed by atoms with E-state index < -0.39 is 11.9 Å². The lowest BCUT2D eigenvalue weighted by atomic mass is 10.1. The maximum Gasteiger partial charge on any atom is 0.414 e. The summed E-state index contributed by atoms with van der Waals surface area (Å²) in [5.74, 6) is -2.89. The maximum atomic E-state index is 9.10.